The second-order valence-corrected chi connectivity index (χ2v) is 7.79. The van der Waals surface area contributed by atoms with Crippen molar-refractivity contribution in [3.8, 4) is 0 Å². The summed E-state index contributed by atoms with van der Waals surface area (Å²) in [5, 5.41) is 5.64. The molecule has 1 aliphatic rings. The van der Waals surface area contributed by atoms with E-state index < -0.39 is 10.0 Å². The highest BCUT2D eigenvalue weighted by molar-refractivity contribution is 7.88. The minimum atomic E-state index is -3.09. The van der Waals surface area contributed by atoms with E-state index in [-0.39, 0.29) is 6.03 Å². The standard InChI is InChI=1S/C15H23N3O3S/c1-12-3-5-14(6-4-12)17-15(19)16-11-13-7-9-18(10-8-13)22(2,20)21/h3-6,13H,7-11H2,1-2H3,(H2,16,17,19). The average molecular weight is 325 g/mol. The second-order valence-electron chi connectivity index (χ2n) is 5.81. The Labute approximate surface area is 131 Å². The number of sulfonamides is 1. The molecule has 2 N–H and O–H groups in total. The van der Waals surface area contributed by atoms with Crippen molar-refractivity contribution < 1.29 is 13.2 Å². The van der Waals surface area contributed by atoms with Crippen LogP contribution in [0.5, 0.6) is 0 Å². The zero-order chi connectivity index (χ0) is 16.2. The Hall–Kier alpha value is -1.60. The Morgan fingerprint density at radius 2 is 1.82 bits per heavy atom. The number of nitrogens with one attached hydrogen (secondary N) is 2. The summed E-state index contributed by atoms with van der Waals surface area (Å²) in [4.78, 5) is 11.8. The van der Waals surface area contributed by atoms with Crippen molar-refractivity contribution in [3.05, 3.63) is 29.8 Å². The van der Waals surface area contributed by atoms with Gasteiger partial charge in [-0.1, -0.05) is 17.7 Å². The van der Waals surface area contributed by atoms with Gasteiger partial charge in [0.25, 0.3) is 0 Å². The van der Waals surface area contributed by atoms with Crippen LogP contribution < -0.4 is 10.6 Å². The number of benzene rings is 1. The molecule has 0 spiro atoms. The number of rotatable bonds is 4. The van der Waals surface area contributed by atoms with E-state index in [0.29, 0.717) is 25.6 Å². The average Bonchev–Trinajstić information content (AvgIpc) is 2.47. The number of hydrogen-bond donors (Lipinski definition) is 2. The number of anilines is 1. The van der Waals surface area contributed by atoms with Crippen molar-refractivity contribution in [2.75, 3.05) is 31.2 Å². The first-order valence-electron chi connectivity index (χ1n) is 7.41. The molecule has 7 heteroatoms. The number of amides is 2. The molecule has 122 valence electrons. The lowest BCUT2D eigenvalue weighted by atomic mass is 9.98. The first-order chi connectivity index (χ1) is 10.3. The maximum absolute atomic E-state index is 11.8. The number of urea groups is 1. The van der Waals surface area contributed by atoms with Crippen molar-refractivity contribution in [3.63, 3.8) is 0 Å². The number of carbonyl (C=O) groups excluding carboxylic acids is 1. The largest absolute Gasteiger partial charge is 0.338 e. The van der Waals surface area contributed by atoms with Crippen molar-refractivity contribution in [1.82, 2.24) is 9.62 Å². The summed E-state index contributed by atoms with van der Waals surface area (Å²) < 4.78 is 24.4. The molecule has 22 heavy (non-hydrogen) atoms. The molecule has 0 atom stereocenters. The molecular formula is C15H23N3O3S. The van der Waals surface area contributed by atoms with E-state index in [0.717, 1.165) is 24.1 Å². The van der Waals surface area contributed by atoms with Crippen molar-refractivity contribution in [1.29, 1.82) is 0 Å². The normalized spacial score (nSPS) is 17.2. The molecule has 0 saturated carbocycles. The molecule has 1 aromatic rings. The van der Waals surface area contributed by atoms with Gasteiger partial charge >= 0.3 is 6.03 Å². The van der Waals surface area contributed by atoms with Gasteiger partial charge in [0.05, 0.1) is 6.26 Å². The van der Waals surface area contributed by atoms with Crippen LogP contribution in [0, 0.1) is 12.8 Å². The van der Waals surface area contributed by atoms with Crippen molar-refractivity contribution in [2.24, 2.45) is 5.92 Å². The third-order valence-electron chi connectivity index (χ3n) is 3.90. The molecule has 1 heterocycles. The first-order valence-corrected chi connectivity index (χ1v) is 9.26. The van der Waals surface area contributed by atoms with Gasteiger partial charge in [0.1, 0.15) is 0 Å². The number of aryl methyl sites for hydroxylation is 1. The quantitative estimate of drug-likeness (QED) is 0.886. The van der Waals surface area contributed by atoms with Gasteiger partial charge in [-0.2, -0.15) is 0 Å². The lowest BCUT2D eigenvalue weighted by molar-refractivity contribution is 0.241. The molecule has 2 amide bonds. The smallest absolute Gasteiger partial charge is 0.319 e. The third-order valence-corrected chi connectivity index (χ3v) is 5.21. The van der Waals surface area contributed by atoms with E-state index >= 15 is 0 Å². The van der Waals surface area contributed by atoms with Crippen LogP contribution in [0.3, 0.4) is 0 Å². The molecule has 1 fully saturated rings. The molecule has 1 aromatic carbocycles. The van der Waals surface area contributed by atoms with Crippen LogP contribution in [0.25, 0.3) is 0 Å². The SMILES string of the molecule is Cc1ccc(NC(=O)NCC2CCN(S(C)(=O)=O)CC2)cc1. The molecule has 0 aromatic heterocycles. The second kappa shape index (κ2) is 7.11. The predicted octanol–water partition coefficient (Wildman–Crippen LogP) is 1.79. The van der Waals surface area contributed by atoms with Gasteiger partial charge in [-0.15, -0.1) is 0 Å². The van der Waals surface area contributed by atoms with Crippen LogP contribution in [-0.2, 0) is 10.0 Å². The van der Waals surface area contributed by atoms with Gasteiger partial charge in [0.15, 0.2) is 0 Å². The van der Waals surface area contributed by atoms with Crippen LogP contribution in [0.2, 0.25) is 0 Å². The zero-order valence-electron chi connectivity index (χ0n) is 13.0. The summed E-state index contributed by atoms with van der Waals surface area (Å²) in [6.07, 6.45) is 2.79. The maximum atomic E-state index is 11.8. The molecular weight excluding hydrogens is 302 g/mol. The fourth-order valence-corrected chi connectivity index (χ4v) is 3.37. The highest BCUT2D eigenvalue weighted by atomic mass is 32.2. The van der Waals surface area contributed by atoms with E-state index in [1.54, 1.807) is 0 Å². The lowest BCUT2D eigenvalue weighted by Crippen LogP contribution is -2.41. The molecule has 1 saturated heterocycles. The first kappa shape index (κ1) is 16.8. The topological polar surface area (TPSA) is 78.5 Å². The summed E-state index contributed by atoms with van der Waals surface area (Å²) in [5.74, 6) is 0.321. The number of carbonyl (C=O) groups is 1. The highest BCUT2D eigenvalue weighted by Gasteiger charge is 2.24. The predicted molar refractivity (Wildman–Crippen MR) is 87.3 cm³/mol. The molecule has 2 rings (SSSR count). The minimum Gasteiger partial charge on any atom is -0.338 e. The molecule has 0 aliphatic carbocycles. The van der Waals surface area contributed by atoms with E-state index in [2.05, 4.69) is 10.6 Å². The van der Waals surface area contributed by atoms with Crippen molar-refractivity contribution >= 4 is 21.7 Å². The number of hydrogen-bond acceptors (Lipinski definition) is 3. The Balaban J connectivity index is 1.72. The third kappa shape index (κ3) is 4.99. The summed E-state index contributed by atoms with van der Waals surface area (Å²) in [6.45, 7) is 3.62. The van der Waals surface area contributed by atoms with Crippen LogP contribution in [0.15, 0.2) is 24.3 Å². The van der Waals surface area contributed by atoms with E-state index in [4.69, 9.17) is 0 Å². The van der Waals surface area contributed by atoms with Gasteiger partial charge in [-0.3, -0.25) is 0 Å². The minimum absolute atomic E-state index is 0.227. The molecule has 0 radical (unpaired) electrons. The summed E-state index contributed by atoms with van der Waals surface area (Å²) >= 11 is 0. The summed E-state index contributed by atoms with van der Waals surface area (Å²) in [5.41, 5.74) is 1.90. The summed E-state index contributed by atoms with van der Waals surface area (Å²) in [7, 11) is -3.09. The van der Waals surface area contributed by atoms with Gasteiger partial charge < -0.3 is 10.6 Å². The van der Waals surface area contributed by atoms with Crippen LogP contribution >= 0.6 is 0 Å². The maximum Gasteiger partial charge on any atom is 0.319 e. The highest BCUT2D eigenvalue weighted by Crippen LogP contribution is 2.18. The Bertz CT molecular complexity index is 605. The van der Waals surface area contributed by atoms with Crippen LogP contribution in [0.1, 0.15) is 18.4 Å². The summed E-state index contributed by atoms with van der Waals surface area (Å²) in [6, 6.07) is 7.38. The molecule has 0 bridgehead atoms. The fourth-order valence-electron chi connectivity index (χ4n) is 2.49. The van der Waals surface area contributed by atoms with E-state index in [1.165, 1.54) is 10.6 Å². The fraction of sp³-hybridized carbons (Fsp3) is 0.533. The van der Waals surface area contributed by atoms with Gasteiger partial charge in [0.2, 0.25) is 10.0 Å². The molecule has 1 aliphatic heterocycles. The Morgan fingerprint density at radius 1 is 1.23 bits per heavy atom. The number of piperidine rings is 1. The van der Waals surface area contributed by atoms with Gasteiger partial charge in [-0.05, 0) is 37.8 Å². The van der Waals surface area contributed by atoms with E-state index in [1.807, 2.05) is 31.2 Å². The van der Waals surface area contributed by atoms with Crippen LogP contribution in [0.4, 0.5) is 10.5 Å². The van der Waals surface area contributed by atoms with E-state index in [9.17, 15) is 13.2 Å². The molecule has 0 unspecified atom stereocenters. The van der Waals surface area contributed by atoms with Gasteiger partial charge in [0, 0.05) is 25.3 Å². The number of nitrogens with zero attached hydrogens (tertiary/aromatic N) is 1. The van der Waals surface area contributed by atoms with Gasteiger partial charge in [-0.25, -0.2) is 17.5 Å². The Kier molecular flexibility index (Phi) is 5.42. The zero-order valence-corrected chi connectivity index (χ0v) is 13.8. The van der Waals surface area contributed by atoms with Crippen LogP contribution in [-0.4, -0.2) is 44.6 Å². The monoisotopic (exact) mass is 325 g/mol. The lowest BCUT2D eigenvalue weighted by Gasteiger charge is -2.30. The Morgan fingerprint density at radius 3 is 2.36 bits per heavy atom. The van der Waals surface area contributed by atoms with Crippen molar-refractivity contribution in [2.45, 2.75) is 19.8 Å². The molecule has 6 nitrogen and oxygen atoms in total.